The Kier molecular flexibility index (Phi) is 53.0. The molecule has 0 saturated heterocycles. The number of unbranched alkanes of at least 4 members (excludes halogenated alkanes) is 13. The van der Waals surface area contributed by atoms with Gasteiger partial charge in [-0.05, 0) is 122 Å². The van der Waals surface area contributed by atoms with E-state index in [1.807, 2.05) is 12.2 Å². The van der Waals surface area contributed by atoms with Crippen LogP contribution in [0.2, 0.25) is 0 Å². The molecule has 70 heavy (non-hydrogen) atoms. The lowest BCUT2D eigenvalue weighted by atomic mass is 10.1. The third-order valence-electron chi connectivity index (χ3n) is 11.1. The third-order valence-corrected chi connectivity index (χ3v) is 11.1. The molecule has 1 unspecified atom stereocenters. The largest absolute Gasteiger partial charge is 0.462 e. The van der Waals surface area contributed by atoms with Gasteiger partial charge in [0.15, 0.2) is 6.10 Å². The summed E-state index contributed by atoms with van der Waals surface area (Å²) in [6.45, 7) is 6.20. The second kappa shape index (κ2) is 56.9. The monoisotopic (exact) mass is 965 g/mol. The fourth-order valence-corrected chi connectivity index (χ4v) is 7.03. The van der Waals surface area contributed by atoms with Crippen molar-refractivity contribution in [3.63, 3.8) is 0 Å². The van der Waals surface area contributed by atoms with E-state index < -0.39 is 6.10 Å². The van der Waals surface area contributed by atoms with Crippen molar-refractivity contribution in [1.29, 1.82) is 0 Å². The molecule has 0 aliphatic rings. The number of hydrogen-bond donors (Lipinski definition) is 0. The number of rotatable bonds is 48. The predicted molar refractivity (Wildman–Crippen MR) is 302 cm³/mol. The molecular formula is C64H100O6. The molecule has 0 N–H and O–H groups in total. The van der Waals surface area contributed by atoms with Crippen LogP contribution in [0.5, 0.6) is 0 Å². The second-order valence-corrected chi connectivity index (χ2v) is 17.7. The van der Waals surface area contributed by atoms with Gasteiger partial charge >= 0.3 is 17.9 Å². The highest BCUT2D eigenvalue weighted by molar-refractivity contribution is 5.71. The Morgan fingerprint density at radius 3 is 0.886 bits per heavy atom. The summed E-state index contributed by atoms with van der Waals surface area (Å²) in [5.41, 5.74) is 0. The van der Waals surface area contributed by atoms with Gasteiger partial charge in [0, 0.05) is 19.3 Å². The average Bonchev–Trinajstić information content (AvgIpc) is 3.36. The van der Waals surface area contributed by atoms with E-state index >= 15 is 0 Å². The van der Waals surface area contributed by atoms with Crippen molar-refractivity contribution in [3.8, 4) is 0 Å². The average molecular weight is 965 g/mol. The zero-order valence-electron chi connectivity index (χ0n) is 44.7. The van der Waals surface area contributed by atoms with Crippen LogP contribution in [-0.2, 0) is 28.6 Å². The molecule has 0 radical (unpaired) electrons. The van der Waals surface area contributed by atoms with Crippen molar-refractivity contribution in [2.45, 2.75) is 226 Å². The minimum Gasteiger partial charge on any atom is -0.462 e. The van der Waals surface area contributed by atoms with Gasteiger partial charge in [-0.2, -0.15) is 0 Å². The molecule has 0 spiro atoms. The Balaban J connectivity index is 4.55. The number of allylic oxidation sites excluding steroid dienone is 24. The highest BCUT2D eigenvalue weighted by Gasteiger charge is 2.19. The highest BCUT2D eigenvalue weighted by atomic mass is 16.6. The Morgan fingerprint density at radius 1 is 0.286 bits per heavy atom. The van der Waals surface area contributed by atoms with Gasteiger partial charge in [0.2, 0.25) is 0 Å². The molecule has 0 rings (SSSR count). The van der Waals surface area contributed by atoms with Crippen LogP contribution in [0.15, 0.2) is 146 Å². The van der Waals surface area contributed by atoms with Crippen molar-refractivity contribution in [2.24, 2.45) is 0 Å². The molecule has 0 aromatic carbocycles. The minimum atomic E-state index is -0.828. The fourth-order valence-electron chi connectivity index (χ4n) is 7.03. The van der Waals surface area contributed by atoms with Gasteiger partial charge in [-0.1, -0.05) is 224 Å². The molecule has 392 valence electrons. The standard InChI is InChI=1S/C64H100O6/c1-4-7-10-13-16-19-22-25-28-30-32-34-36-39-42-45-48-51-54-57-63(66)69-60-61(59-68-62(65)56-53-50-47-44-41-38-27-24-21-18-15-12-9-6-3)70-64(67)58-55-52-49-46-43-40-37-35-33-31-29-26-23-20-17-14-11-8-5-2/h7-12,16-21,25-29,32,34,38-39,42,48,51,61H,4-6,13-15,22-24,30-31,33,35-37,40-41,43-47,49-50,52-60H2,1-3H3/b10-7-,11-8-,12-9-,19-16-,20-17-,21-18-,28-25-,29-26-,34-32-,38-27-,42-39-,51-48-. The summed E-state index contributed by atoms with van der Waals surface area (Å²) in [6, 6.07) is 0. The molecule has 0 bridgehead atoms. The molecule has 1 atom stereocenters. The molecule has 0 saturated carbocycles. The van der Waals surface area contributed by atoms with Gasteiger partial charge in [-0.15, -0.1) is 0 Å². The van der Waals surface area contributed by atoms with Crippen LogP contribution in [0.3, 0.4) is 0 Å². The number of esters is 3. The summed E-state index contributed by atoms with van der Waals surface area (Å²) in [6.07, 6.45) is 81.3. The van der Waals surface area contributed by atoms with Gasteiger partial charge in [0.25, 0.3) is 0 Å². The summed E-state index contributed by atoms with van der Waals surface area (Å²) < 4.78 is 16.8. The van der Waals surface area contributed by atoms with Crippen LogP contribution in [0.1, 0.15) is 220 Å². The van der Waals surface area contributed by atoms with Crippen LogP contribution in [0.25, 0.3) is 0 Å². The zero-order chi connectivity index (χ0) is 50.7. The van der Waals surface area contributed by atoms with E-state index in [1.165, 1.54) is 38.5 Å². The van der Waals surface area contributed by atoms with Gasteiger partial charge in [0.1, 0.15) is 13.2 Å². The molecule has 6 heteroatoms. The van der Waals surface area contributed by atoms with Crippen LogP contribution in [0, 0.1) is 0 Å². The number of hydrogen-bond acceptors (Lipinski definition) is 6. The molecule has 0 amide bonds. The van der Waals surface area contributed by atoms with E-state index in [0.29, 0.717) is 19.3 Å². The minimum absolute atomic E-state index is 0.121. The summed E-state index contributed by atoms with van der Waals surface area (Å²) in [7, 11) is 0. The lowest BCUT2D eigenvalue weighted by Crippen LogP contribution is -2.30. The van der Waals surface area contributed by atoms with Crippen molar-refractivity contribution in [2.75, 3.05) is 13.2 Å². The van der Waals surface area contributed by atoms with E-state index in [0.717, 1.165) is 135 Å². The topological polar surface area (TPSA) is 78.9 Å². The van der Waals surface area contributed by atoms with Crippen molar-refractivity contribution >= 4 is 17.9 Å². The van der Waals surface area contributed by atoms with Crippen molar-refractivity contribution in [3.05, 3.63) is 146 Å². The van der Waals surface area contributed by atoms with Crippen LogP contribution in [-0.4, -0.2) is 37.2 Å². The SMILES string of the molecule is CC/C=C\C/C=C\C/C=C\C/C=C\C/C=C\C/C=C\CCC(=O)OCC(COC(=O)CCCCCC/C=C\C/C=C\C/C=C\CC)OC(=O)CCCCCCCCCCC/C=C\C/C=C\C/C=C\CC. The molecule has 0 heterocycles. The van der Waals surface area contributed by atoms with E-state index in [-0.39, 0.29) is 37.5 Å². The second-order valence-electron chi connectivity index (χ2n) is 17.7. The lowest BCUT2D eigenvalue weighted by molar-refractivity contribution is -0.166. The Bertz CT molecular complexity index is 1580. The van der Waals surface area contributed by atoms with E-state index in [2.05, 4.69) is 154 Å². The first kappa shape index (κ1) is 65.3. The normalized spacial score (nSPS) is 13.2. The van der Waals surface area contributed by atoms with E-state index in [1.54, 1.807) is 0 Å². The first-order valence-electron chi connectivity index (χ1n) is 27.8. The van der Waals surface area contributed by atoms with Crippen LogP contribution >= 0.6 is 0 Å². The Morgan fingerprint density at radius 2 is 0.543 bits per heavy atom. The van der Waals surface area contributed by atoms with E-state index in [9.17, 15) is 14.4 Å². The lowest BCUT2D eigenvalue weighted by Gasteiger charge is -2.18. The summed E-state index contributed by atoms with van der Waals surface area (Å²) in [5, 5.41) is 0. The number of carbonyl (C=O) groups is 3. The first-order chi connectivity index (χ1) is 34.5. The zero-order valence-corrected chi connectivity index (χ0v) is 44.7. The van der Waals surface area contributed by atoms with Gasteiger partial charge < -0.3 is 14.2 Å². The maximum atomic E-state index is 12.9. The van der Waals surface area contributed by atoms with Crippen LogP contribution in [0.4, 0.5) is 0 Å². The molecular weight excluding hydrogens is 865 g/mol. The summed E-state index contributed by atoms with van der Waals surface area (Å²) in [5.74, 6) is -1.04. The quantitative estimate of drug-likeness (QED) is 0.0262. The third kappa shape index (κ3) is 54.2. The molecule has 0 aliphatic heterocycles. The summed E-state index contributed by atoms with van der Waals surface area (Å²) >= 11 is 0. The van der Waals surface area contributed by atoms with E-state index in [4.69, 9.17) is 14.2 Å². The number of carbonyl (C=O) groups excluding carboxylic acids is 3. The Hall–Kier alpha value is -4.71. The molecule has 0 fully saturated rings. The maximum Gasteiger partial charge on any atom is 0.306 e. The molecule has 6 nitrogen and oxygen atoms in total. The first-order valence-corrected chi connectivity index (χ1v) is 27.8. The molecule has 0 aliphatic carbocycles. The fraction of sp³-hybridized carbons (Fsp3) is 0.578. The van der Waals surface area contributed by atoms with Gasteiger partial charge in [-0.25, -0.2) is 0 Å². The van der Waals surface area contributed by atoms with Crippen molar-refractivity contribution in [1.82, 2.24) is 0 Å². The maximum absolute atomic E-state index is 12.9. The molecule has 0 aromatic rings. The van der Waals surface area contributed by atoms with Crippen molar-refractivity contribution < 1.29 is 28.6 Å². The Labute approximate surface area is 429 Å². The summed E-state index contributed by atoms with van der Waals surface area (Å²) in [4.78, 5) is 38.1. The van der Waals surface area contributed by atoms with Crippen LogP contribution < -0.4 is 0 Å². The smallest absolute Gasteiger partial charge is 0.306 e. The number of ether oxygens (including phenoxy) is 3. The highest BCUT2D eigenvalue weighted by Crippen LogP contribution is 2.14. The predicted octanol–water partition coefficient (Wildman–Crippen LogP) is 18.8. The molecule has 0 aromatic heterocycles. The van der Waals surface area contributed by atoms with Gasteiger partial charge in [-0.3, -0.25) is 14.4 Å². The van der Waals surface area contributed by atoms with Gasteiger partial charge in [0.05, 0.1) is 0 Å².